The molecule has 2 aromatic heterocycles. The van der Waals surface area contributed by atoms with Crippen LogP contribution in [0.15, 0.2) is 41.4 Å². The number of hydrogen-bond acceptors (Lipinski definition) is 5. The van der Waals surface area contributed by atoms with E-state index in [1.165, 1.54) is 17.3 Å². The van der Waals surface area contributed by atoms with Gasteiger partial charge in [0.15, 0.2) is 0 Å². The van der Waals surface area contributed by atoms with E-state index in [1.54, 1.807) is 0 Å². The third-order valence-electron chi connectivity index (χ3n) is 5.48. The van der Waals surface area contributed by atoms with Gasteiger partial charge in [-0.3, -0.25) is 9.78 Å². The van der Waals surface area contributed by atoms with Crippen molar-refractivity contribution in [3.05, 3.63) is 58.9 Å². The zero-order valence-corrected chi connectivity index (χ0v) is 18.2. The maximum Gasteiger partial charge on any atom is 0.237 e. The van der Waals surface area contributed by atoms with E-state index in [2.05, 4.69) is 23.3 Å². The van der Waals surface area contributed by atoms with Gasteiger partial charge in [0.05, 0.1) is 22.0 Å². The summed E-state index contributed by atoms with van der Waals surface area (Å²) < 4.78 is 0. The van der Waals surface area contributed by atoms with Gasteiger partial charge in [-0.2, -0.15) is 5.26 Å². The number of nitrogens with one attached hydrogen (secondary N) is 1. The first kappa shape index (κ1) is 20.4. The number of para-hydroxylation sites is 1. The second kappa shape index (κ2) is 8.45. The highest BCUT2D eigenvalue weighted by Crippen LogP contribution is 2.32. The Bertz CT molecular complexity index is 1170. The number of rotatable bonds is 4. The molecule has 2 heterocycles. The molecule has 1 amide bonds. The van der Waals surface area contributed by atoms with Crippen molar-refractivity contribution in [2.24, 2.45) is 5.92 Å². The van der Waals surface area contributed by atoms with Crippen LogP contribution in [0.4, 0.5) is 5.69 Å². The minimum absolute atomic E-state index is 0.118. The van der Waals surface area contributed by atoms with Gasteiger partial charge in [0.1, 0.15) is 11.1 Å². The first-order valence-electron chi connectivity index (χ1n) is 10.2. The van der Waals surface area contributed by atoms with Crippen LogP contribution in [0.3, 0.4) is 0 Å². The zero-order chi connectivity index (χ0) is 21.3. The van der Waals surface area contributed by atoms with Crippen LogP contribution in [0.1, 0.15) is 42.8 Å². The second-order valence-corrected chi connectivity index (χ2v) is 9.31. The Morgan fingerprint density at radius 3 is 2.90 bits per heavy atom. The quantitative estimate of drug-likeness (QED) is 0.602. The molecule has 5 nitrogen and oxygen atoms in total. The number of nitriles is 1. The number of thioether (sulfide) groups is 1. The fourth-order valence-corrected chi connectivity index (χ4v) is 4.76. The van der Waals surface area contributed by atoms with Gasteiger partial charge in [-0.25, -0.2) is 4.98 Å². The minimum atomic E-state index is -0.391. The van der Waals surface area contributed by atoms with Crippen molar-refractivity contribution >= 4 is 34.3 Å². The number of nitrogens with zero attached hydrogens (tertiary/aromatic N) is 3. The lowest BCUT2D eigenvalue weighted by molar-refractivity contribution is -0.115. The van der Waals surface area contributed by atoms with Crippen LogP contribution in [-0.2, 0) is 17.6 Å². The highest BCUT2D eigenvalue weighted by molar-refractivity contribution is 8.00. The molecule has 6 heteroatoms. The zero-order valence-electron chi connectivity index (χ0n) is 17.4. The lowest BCUT2D eigenvalue weighted by Gasteiger charge is -2.22. The van der Waals surface area contributed by atoms with Crippen LogP contribution in [-0.4, -0.2) is 21.1 Å². The van der Waals surface area contributed by atoms with Crippen LogP contribution in [0.5, 0.6) is 0 Å². The third-order valence-corrected chi connectivity index (χ3v) is 6.58. The topological polar surface area (TPSA) is 78.7 Å². The van der Waals surface area contributed by atoms with Crippen molar-refractivity contribution in [2.45, 2.75) is 50.3 Å². The van der Waals surface area contributed by atoms with Crippen molar-refractivity contribution in [1.82, 2.24) is 9.97 Å². The van der Waals surface area contributed by atoms with E-state index in [0.29, 0.717) is 16.5 Å². The summed E-state index contributed by atoms with van der Waals surface area (Å²) >= 11 is 1.34. The molecule has 1 aliphatic rings. The molecule has 2 unspecified atom stereocenters. The summed E-state index contributed by atoms with van der Waals surface area (Å²) in [5.41, 5.74) is 5.25. The lowest BCUT2D eigenvalue weighted by atomic mass is 9.87. The number of benzene rings is 1. The molecule has 4 rings (SSSR count). The van der Waals surface area contributed by atoms with E-state index in [-0.39, 0.29) is 5.91 Å². The third kappa shape index (κ3) is 4.17. The van der Waals surface area contributed by atoms with Gasteiger partial charge >= 0.3 is 0 Å². The number of carbonyl (C=O) groups excluding carboxylic acids is 1. The molecule has 3 aromatic rings. The second-order valence-electron chi connectivity index (χ2n) is 7.98. The Hall–Kier alpha value is -2.91. The highest BCUT2D eigenvalue weighted by atomic mass is 32.2. The van der Waals surface area contributed by atoms with Crippen molar-refractivity contribution in [3.8, 4) is 6.07 Å². The van der Waals surface area contributed by atoms with Gasteiger partial charge < -0.3 is 5.32 Å². The molecular weight excluding hydrogens is 392 g/mol. The Balaban J connectivity index is 1.56. The van der Waals surface area contributed by atoms with Crippen molar-refractivity contribution in [3.63, 3.8) is 0 Å². The number of aromatic nitrogens is 2. The molecule has 1 N–H and O–H groups in total. The Kier molecular flexibility index (Phi) is 5.74. The molecular formula is C24H24N4OS. The van der Waals surface area contributed by atoms with Gasteiger partial charge in [0, 0.05) is 16.8 Å². The standard InChI is InChI=1S/C24H24N4OS/c1-14-8-9-20-17(10-14)12-18(13-25)24(28-20)30-16(3)23(29)27-22-11-15(2)26-21-7-5-4-6-19(21)22/h4-7,11-12,14,16H,8-10H2,1-3H3,(H,26,27,29). The number of aryl methyl sites for hydroxylation is 2. The molecule has 0 bridgehead atoms. The van der Waals surface area contributed by atoms with E-state index in [9.17, 15) is 10.1 Å². The first-order chi connectivity index (χ1) is 14.4. The molecule has 0 saturated heterocycles. The largest absolute Gasteiger partial charge is 0.324 e. The molecule has 1 aromatic carbocycles. The van der Waals surface area contributed by atoms with E-state index >= 15 is 0 Å². The average Bonchev–Trinajstić information content (AvgIpc) is 2.73. The summed E-state index contributed by atoms with van der Waals surface area (Å²) in [6.07, 6.45) is 3.01. The predicted octanol–water partition coefficient (Wildman–Crippen LogP) is 5.05. The average molecular weight is 417 g/mol. The maximum atomic E-state index is 12.9. The van der Waals surface area contributed by atoms with Crippen LogP contribution < -0.4 is 5.32 Å². The summed E-state index contributed by atoms with van der Waals surface area (Å²) in [4.78, 5) is 22.2. The lowest BCUT2D eigenvalue weighted by Crippen LogP contribution is -2.23. The molecule has 1 aliphatic carbocycles. The van der Waals surface area contributed by atoms with Gasteiger partial charge in [-0.15, -0.1) is 0 Å². The first-order valence-corrected chi connectivity index (χ1v) is 11.1. The van der Waals surface area contributed by atoms with E-state index in [4.69, 9.17) is 4.98 Å². The molecule has 152 valence electrons. The monoisotopic (exact) mass is 416 g/mol. The van der Waals surface area contributed by atoms with Crippen LogP contribution in [0.25, 0.3) is 10.9 Å². The summed E-state index contributed by atoms with van der Waals surface area (Å²) in [5.74, 6) is 0.500. The SMILES string of the molecule is Cc1cc(NC(=O)C(C)Sc2nc3c(cc2C#N)CC(C)CC3)c2ccccc2n1. The smallest absolute Gasteiger partial charge is 0.237 e. The minimum Gasteiger partial charge on any atom is -0.324 e. The number of amides is 1. The Morgan fingerprint density at radius 1 is 1.30 bits per heavy atom. The summed E-state index contributed by atoms with van der Waals surface area (Å²) in [6, 6.07) is 13.9. The van der Waals surface area contributed by atoms with Gasteiger partial charge in [-0.05, 0) is 62.8 Å². The number of pyridine rings is 2. The van der Waals surface area contributed by atoms with Crippen molar-refractivity contribution in [2.75, 3.05) is 5.32 Å². The molecule has 30 heavy (non-hydrogen) atoms. The van der Waals surface area contributed by atoms with Crippen LogP contribution in [0, 0.1) is 24.2 Å². The van der Waals surface area contributed by atoms with Crippen molar-refractivity contribution < 1.29 is 4.79 Å². The highest BCUT2D eigenvalue weighted by Gasteiger charge is 2.23. The van der Waals surface area contributed by atoms with Crippen LogP contribution >= 0.6 is 11.8 Å². The Labute approximate surface area is 180 Å². The molecule has 0 saturated carbocycles. The molecule has 0 spiro atoms. The molecule has 0 radical (unpaired) electrons. The molecule has 2 atom stereocenters. The number of hydrogen-bond donors (Lipinski definition) is 1. The fraction of sp³-hybridized carbons (Fsp3) is 0.333. The van der Waals surface area contributed by atoms with E-state index in [0.717, 1.165) is 47.2 Å². The van der Waals surface area contributed by atoms with E-state index in [1.807, 2.05) is 50.2 Å². The van der Waals surface area contributed by atoms with Gasteiger partial charge in [-0.1, -0.05) is 36.9 Å². The summed E-state index contributed by atoms with van der Waals surface area (Å²) in [5, 5.41) is 13.8. The number of anilines is 1. The van der Waals surface area contributed by atoms with Crippen LogP contribution in [0.2, 0.25) is 0 Å². The molecule has 0 aliphatic heterocycles. The van der Waals surface area contributed by atoms with Gasteiger partial charge in [0.2, 0.25) is 5.91 Å². The maximum absolute atomic E-state index is 12.9. The molecule has 0 fully saturated rings. The summed E-state index contributed by atoms with van der Waals surface area (Å²) in [6.45, 7) is 5.99. The predicted molar refractivity (Wildman–Crippen MR) is 121 cm³/mol. The normalized spacial score (nSPS) is 16.5. The number of fused-ring (bicyclic) bond motifs is 2. The Morgan fingerprint density at radius 2 is 2.10 bits per heavy atom. The van der Waals surface area contributed by atoms with Crippen molar-refractivity contribution in [1.29, 1.82) is 5.26 Å². The number of carbonyl (C=O) groups is 1. The van der Waals surface area contributed by atoms with Gasteiger partial charge in [0.25, 0.3) is 0 Å². The summed E-state index contributed by atoms with van der Waals surface area (Å²) in [7, 11) is 0. The van der Waals surface area contributed by atoms with E-state index < -0.39 is 5.25 Å². The fourth-order valence-electron chi connectivity index (χ4n) is 3.86.